The number of nitrogens with one attached hydrogen (secondary N) is 1. The molecule has 1 unspecified atom stereocenters. The molecule has 1 aromatic carbocycles. The van der Waals surface area contributed by atoms with Gasteiger partial charge in [0.05, 0.1) is 0 Å². The fourth-order valence-electron chi connectivity index (χ4n) is 1.88. The van der Waals surface area contributed by atoms with Crippen molar-refractivity contribution in [2.75, 3.05) is 6.54 Å². The molecule has 3 heteroatoms. The molecule has 0 aromatic heterocycles. The van der Waals surface area contributed by atoms with Gasteiger partial charge in [-0.05, 0) is 31.9 Å². The second-order valence-electron chi connectivity index (χ2n) is 4.25. The molecule has 0 aliphatic rings. The van der Waals surface area contributed by atoms with Gasteiger partial charge in [-0.3, -0.25) is 0 Å². The molecule has 0 bridgehead atoms. The van der Waals surface area contributed by atoms with Crippen molar-refractivity contribution >= 4 is 0 Å². The lowest BCUT2D eigenvalue weighted by molar-refractivity contribution is 0.440. The maximum absolute atomic E-state index is 13.7. The Morgan fingerprint density at radius 1 is 1.39 bits per heavy atom. The maximum Gasteiger partial charge on any atom is 0.163 e. The molecule has 1 rings (SSSR count). The largest absolute Gasteiger partial charge is 0.310 e. The third-order valence-corrected chi connectivity index (χ3v) is 2.81. The van der Waals surface area contributed by atoms with Gasteiger partial charge in [0.1, 0.15) is 0 Å². The summed E-state index contributed by atoms with van der Waals surface area (Å²) < 4.78 is 26.9. The third kappa shape index (κ3) is 4.12. The van der Waals surface area contributed by atoms with Crippen LogP contribution in [0.4, 0.5) is 8.78 Å². The fourth-order valence-corrected chi connectivity index (χ4v) is 1.88. The number of hydrogen-bond acceptors (Lipinski definition) is 1. The van der Waals surface area contributed by atoms with Crippen LogP contribution >= 0.6 is 0 Å². The molecule has 0 spiro atoms. The van der Waals surface area contributed by atoms with E-state index in [2.05, 4.69) is 11.2 Å². The Morgan fingerprint density at radius 3 is 2.83 bits per heavy atom. The number of halogens is 2. The summed E-state index contributed by atoms with van der Waals surface area (Å²) in [5, 5.41) is 3.24. The van der Waals surface area contributed by atoms with Crippen LogP contribution in [0.25, 0.3) is 0 Å². The third-order valence-electron chi connectivity index (χ3n) is 2.81. The van der Waals surface area contributed by atoms with Crippen LogP contribution in [0.5, 0.6) is 0 Å². The highest BCUT2D eigenvalue weighted by atomic mass is 19.2. The van der Waals surface area contributed by atoms with Crippen molar-refractivity contribution in [3.05, 3.63) is 35.4 Å². The zero-order valence-electron chi connectivity index (χ0n) is 10.7. The van der Waals surface area contributed by atoms with Gasteiger partial charge in [-0.25, -0.2) is 8.78 Å². The van der Waals surface area contributed by atoms with Gasteiger partial charge in [0, 0.05) is 18.0 Å². The van der Waals surface area contributed by atoms with E-state index >= 15 is 0 Å². The monoisotopic (exact) mass is 251 g/mol. The Hall–Kier alpha value is -1.40. The highest BCUT2D eigenvalue weighted by Gasteiger charge is 2.17. The molecule has 0 saturated heterocycles. The summed E-state index contributed by atoms with van der Waals surface area (Å²) in [6.07, 6.45) is 8.32. The van der Waals surface area contributed by atoms with Crippen molar-refractivity contribution in [2.45, 2.75) is 38.6 Å². The van der Waals surface area contributed by atoms with Crippen LogP contribution in [-0.2, 0) is 0 Å². The summed E-state index contributed by atoms with van der Waals surface area (Å²) in [5.74, 6) is 1.01. The minimum Gasteiger partial charge on any atom is -0.310 e. The first kappa shape index (κ1) is 14.7. The van der Waals surface area contributed by atoms with Gasteiger partial charge in [0.15, 0.2) is 11.6 Å². The Kier molecular flexibility index (Phi) is 6.38. The van der Waals surface area contributed by atoms with Gasteiger partial charge in [-0.15, -0.1) is 12.3 Å². The Bertz CT molecular complexity index is 409. The summed E-state index contributed by atoms with van der Waals surface area (Å²) in [7, 11) is 0. The molecule has 18 heavy (non-hydrogen) atoms. The number of rotatable bonds is 7. The fraction of sp³-hybridized carbons (Fsp3) is 0.467. The van der Waals surface area contributed by atoms with Crippen LogP contribution < -0.4 is 5.32 Å². The Labute approximate surface area is 108 Å². The molecule has 0 aliphatic heterocycles. The zero-order chi connectivity index (χ0) is 13.4. The van der Waals surface area contributed by atoms with E-state index < -0.39 is 11.6 Å². The van der Waals surface area contributed by atoms with Gasteiger partial charge in [-0.2, -0.15) is 0 Å². The lowest BCUT2D eigenvalue weighted by Gasteiger charge is -2.19. The molecule has 0 radical (unpaired) electrons. The first-order valence-electron chi connectivity index (χ1n) is 6.31. The summed E-state index contributed by atoms with van der Waals surface area (Å²) in [6.45, 7) is 2.81. The molecule has 0 saturated carbocycles. The van der Waals surface area contributed by atoms with Crippen molar-refractivity contribution in [3.8, 4) is 12.3 Å². The van der Waals surface area contributed by atoms with E-state index in [1.54, 1.807) is 6.07 Å². The van der Waals surface area contributed by atoms with E-state index in [0.29, 0.717) is 18.4 Å². The van der Waals surface area contributed by atoms with Gasteiger partial charge >= 0.3 is 0 Å². The van der Waals surface area contributed by atoms with E-state index in [9.17, 15) is 8.78 Å². The highest BCUT2D eigenvalue weighted by Crippen LogP contribution is 2.23. The molecular formula is C15H19F2N. The maximum atomic E-state index is 13.7. The van der Waals surface area contributed by atoms with E-state index in [0.717, 1.165) is 25.5 Å². The number of unbranched alkanes of at least 4 members (excludes halogenated alkanes) is 1. The van der Waals surface area contributed by atoms with Gasteiger partial charge in [0.25, 0.3) is 0 Å². The lowest BCUT2D eigenvalue weighted by atomic mass is 10.00. The van der Waals surface area contributed by atoms with Gasteiger partial charge in [-0.1, -0.05) is 19.1 Å². The molecular weight excluding hydrogens is 232 g/mol. The topological polar surface area (TPSA) is 12.0 Å². The van der Waals surface area contributed by atoms with E-state index in [4.69, 9.17) is 6.42 Å². The van der Waals surface area contributed by atoms with Crippen molar-refractivity contribution < 1.29 is 8.78 Å². The molecule has 0 fully saturated rings. The standard InChI is InChI=1S/C15H19F2N/c1-3-5-6-10-14(18-11-4-2)12-8-7-9-13(16)15(12)17/h1,7-9,14,18H,4-6,10-11H2,2H3. The minimum absolute atomic E-state index is 0.172. The van der Waals surface area contributed by atoms with Crippen LogP contribution in [0.3, 0.4) is 0 Å². The van der Waals surface area contributed by atoms with Crippen LogP contribution in [0.2, 0.25) is 0 Å². The van der Waals surface area contributed by atoms with Crippen molar-refractivity contribution in [3.63, 3.8) is 0 Å². The van der Waals surface area contributed by atoms with E-state index in [-0.39, 0.29) is 6.04 Å². The van der Waals surface area contributed by atoms with Crippen LogP contribution in [-0.4, -0.2) is 6.54 Å². The number of benzene rings is 1. The predicted molar refractivity (Wildman–Crippen MR) is 70.1 cm³/mol. The van der Waals surface area contributed by atoms with Crippen LogP contribution in [0.1, 0.15) is 44.2 Å². The van der Waals surface area contributed by atoms with Crippen LogP contribution in [0, 0.1) is 24.0 Å². The molecule has 0 amide bonds. The summed E-state index contributed by atoms with van der Waals surface area (Å²) in [6, 6.07) is 4.13. The smallest absolute Gasteiger partial charge is 0.163 e. The van der Waals surface area contributed by atoms with Gasteiger partial charge in [0.2, 0.25) is 0 Å². The summed E-state index contributed by atoms with van der Waals surface area (Å²) in [4.78, 5) is 0. The zero-order valence-corrected chi connectivity index (χ0v) is 10.7. The lowest BCUT2D eigenvalue weighted by Crippen LogP contribution is -2.23. The normalized spacial score (nSPS) is 12.1. The minimum atomic E-state index is -0.798. The van der Waals surface area contributed by atoms with Gasteiger partial charge < -0.3 is 5.32 Å². The molecule has 1 nitrogen and oxygen atoms in total. The van der Waals surface area contributed by atoms with E-state index in [1.807, 2.05) is 6.92 Å². The highest BCUT2D eigenvalue weighted by molar-refractivity contribution is 5.22. The van der Waals surface area contributed by atoms with E-state index in [1.165, 1.54) is 6.07 Å². The molecule has 0 aliphatic carbocycles. The van der Waals surface area contributed by atoms with Crippen LogP contribution in [0.15, 0.2) is 18.2 Å². The quantitative estimate of drug-likeness (QED) is 0.574. The molecule has 0 heterocycles. The first-order chi connectivity index (χ1) is 8.70. The molecule has 1 N–H and O–H groups in total. The summed E-state index contributed by atoms with van der Waals surface area (Å²) >= 11 is 0. The average Bonchev–Trinajstić information content (AvgIpc) is 2.37. The SMILES string of the molecule is C#CCCCC(NCCC)c1cccc(F)c1F. The number of hydrogen-bond donors (Lipinski definition) is 1. The molecule has 1 atom stereocenters. The Balaban J connectivity index is 2.80. The van der Waals surface area contributed by atoms with Crippen molar-refractivity contribution in [2.24, 2.45) is 0 Å². The molecule has 98 valence electrons. The second kappa shape index (κ2) is 7.84. The molecule has 1 aromatic rings. The predicted octanol–water partition coefficient (Wildman–Crippen LogP) is 3.81. The number of terminal acetylenes is 1. The van der Waals surface area contributed by atoms with Crippen molar-refractivity contribution in [1.29, 1.82) is 0 Å². The average molecular weight is 251 g/mol. The summed E-state index contributed by atoms with van der Waals surface area (Å²) in [5.41, 5.74) is 0.389. The first-order valence-corrected chi connectivity index (χ1v) is 6.31. The second-order valence-corrected chi connectivity index (χ2v) is 4.25. The van der Waals surface area contributed by atoms with Crippen molar-refractivity contribution in [1.82, 2.24) is 5.32 Å². The Morgan fingerprint density at radius 2 is 2.17 bits per heavy atom.